The van der Waals surface area contributed by atoms with Crippen molar-refractivity contribution in [1.82, 2.24) is 15.0 Å². The number of benzene rings is 3. The van der Waals surface area contributed by atoms with Gasteiger partial charge in [-0.15, -0.1) is 6.58 Å². The van der Waals surface area contributed by atoms with Crippen molar-refractivity contribution in [3.8, 4) is 0 Å². The summed E-state index contributed by atoms with van der Waals surface area (Å²) in [4.78, 5) is 14.3. The molecule has 10 heteroatoms. The van der Waals surface area contributed by atoms with Gasteiger partial charge in [-0.1, -0.05) is 148 Å². The van der Waals surface area contributed by atoms with E-state index in [1.54, 1.807) is 0 Å². The maximum absolute atomic E-state index is 10.7. The summed E-state index contributed by atoms with van der Waals surface area (Å²) in [5.41, 5.74) is 17.8. The molecule has 6 aliphatic carbocycles. The minimum absolute atomic E-state index is 0.0786. The predicted molar refractivity (Wildman–Crippen MR) is 350 cm³/mol. The lowest BCUT2D eigenvalue weighted by Gasteiger charge is -2.46. The second-order valence-electron chi connectivity index (χ2n) is 28.4. The molecule has 10 nitrogen and oxygen atoms in total. The zero-order chi connectivity index (χ0) is 60.5. The van der Waals surface area contributed by atoms with Crippen LogP contribution in [0.3, 0.4) is 0 Å². The number of fused-ring (bicyclic) bond motifs is 3. The first kappa shape index (κ1) is 62.7. The first-order valence-corrected chi connectivity index (χ1v) is 34.3. The van der Waals surface area contributed by atoms with E-state index in [4.69, 9.17) is 29.9 Å². The molecule has 15 rings (SSSR count). The van der Waals surface area contributed by atoms with E-state index in [0.29, 0.717) is 6.42 Å². The van der Waals surface area contributed by atoms with Gasteiger partial charge in [0.1, 0.15) is 0 Å². The van der Waals surface area contributed by atoms with Crippen LogP contribution in [0.15, 0.2) is 159 Å². The van der Waals surface area contributed by atoms with Crippen LogP contribution in [0.25, 0.3) is 0 Å². The highest BCUT2D eigenvalue weighted by Gasteiger charge is 2.51. The molecule has 0 bridgehead atoms. The van der Waals surface area contributed by atoms with E-state index >= 15 is 0 Å². The second kappa shape index (κ2) is 28.0. The highest BCUT2D eigenvalue weighted by Crippen LogP contribution is 2.54. The summed E-state index contributed by atoms with van der Waals surface area (Å²) in [6, 6.07) is 44.0. The van der Waals surface area contributed by atoms with Crippen molar-refractivity contribution in [3.63, 3.8) is 0 Å². The van der Waals surface area contributed by atoms with E-state index in [1.807, 2.05) is 61.1 Å². The van der Waals surface area contributed by atoms with Crippen molar-refractivity contribution in [2.24, 2.45) is 5.73 Å². The van der Waals surface area contributed by atoms with E-state index < -0.39 is 0 Å². The van der Waals surface area contributed by atoms with E-state index in [0.717, 1.165) is 122 Å². The Morgan fingerprint density at radius 2 is 0.773 bits per heavy atom. The van der Waals surface area contributed by atoms with E-state index in [-0.39, 0.29) is 69.2 Å². The quantitative estimate of drug-likeness (QED) is 0.0822. The topological polar surface area (TPSA) is 153 Å². The minimum Gasteiger partial charge on any atom is -0.392 e. The number of hydrogen-bond acceptors (Lipinski definition) is 10. The normalized spacial score (nSPS) is 30.0. The van der Waals surface area contributed by atoms with Gasteiger partial charge < -0.3 is 35.3 Å². The fourth-order valence-corrected chi connectivity index (χ4v) is 18.5. The average Bonchev–Trinajstić information content (AvgIpc) is 4.46. The van der Waals surface area contributed by atoms with Crippen LogP contribution < -0.4 is 5.73 Å². The average molecular weight is 1190 g/mol. The molecule has 0 amide bonds. The van der Waals surface area contributed by atoms with Crippen LogP contribution >= 0.6 is 0 Å². The summed E-state index contributed by atoms with van der Waals surface area (Å²) in [6.45, 7) is 6.54. The highest BCUT2D eigenvalue weighted by molar-refractivity contribution is 5.39. The Morgan fingerprint density at radius 3 is 1.16 bits per heavy atom. The van der Waals surface area contributed by atoms with Gasteiger partial charge in [-0.2, -0.15) is 0 Å². The number of ether oxygens (including phenoxy) is 3. The molecule has 3 aliphatic heterocycles. The highest BCUT2D eigenvalue weighted by atomic mass is 16.5. The maximum Gasteiger partial charge on any atom is 0.0773 e. The van der Waals surface area contributed by atoms with E-state index in [1.165, 1.54) is 122 Å². The predicted octanol–water partition coefficient (Wildman–Crippen LogP) is 15.2. The Kier molecular flexibility index (Phi) is 20.0. The third-order valence-electron chi connectivity index (χ3n) is 22.9. The summed E-state index contributed by atoms with van der Waals surface area (Å²) in [5, 5.41) is 30.7. The summed E-state index contributed by atoms with van der Waals surface area (Å²) in [6.07, 6.45) is 38.6. The molecule has 3 aromatic carbocycles. The summed E-state index contributed by atoms with van der Waals surface area (Å²) >= 11 is 0. The lowest BCUT2D eigenvalue weighted by molar-refractivity contribution is -0.105. The van der Waals surface area contributed by atoms with Gasteiger partial charge in [0.15, 0.2) is 0 Å². The molecule has 3 saturated heterocycles. The summed E-state index contributed by atoms with van der Waals surface area (Å²) < 4.78 is 18.9. The van der Waals surface area contributed by atoms with Crippen LogP contribution in [0.5, 0.6) is 0 Å². The number of pyridine rings is 3. The molecule has 468 valence electrons. The maximum atomic E-state index is 10.7. The molecule has 3 aromatic heterocycles. The molecule has 9 aliphatic rings. The minimum atomic E-state index is -0.382. The first-order chi connectivity index (χ1) is 43.0. The van der Waals surface area contributed by atoms with Gasteiger partial charge in [-0.25, -0.2) is 0 Å². The number of aromatic nitrogens is 3. The Balaban J connectivity index is 0.000000120. The molecule has 6 fully saturated rings. The molecule has 3 saturated carbocycles. The van der Waals surface area contributed by atoms with Crippen LogP contribution in [0, 0.1) is 0 Å². The fraction of sp³-hybridized carbons (Fsp3) is 0.551. The van der Waals surface area contributed by atoms with Crippen molar-refractivity contribution >= 4 is 0 Å². The van der Waals surface area contributed by atoms with Crippen LogP contribution in [0.1, 0.15) is 229 Å². The van der Waals surface area contributed by atoms with E-state index in [9.17, 15) is 15.3 Å². The number of aliphatic hydroxyl groups excluding tert-OH is 3. The Morgan fingerprint density at radius 1 is 0.432 bits per heavy atom. The van der Waals surface area contributed by atoms with Crippen LogP contribution in [0.2, 0.25) is 0 Å². The van der Waals surface area contributed by atoms with Crippen molar-refractivity contribution in [2.45, 2.75) is 249 Å². The smallest absolute Gasteiger partial charge is 0.0773 e. The zero-order valence-corrected chi connectivity index (χ0v) is 52.5. The standard InChI is InChI=1S/2C26H33NO2.C17H23NO.C9H11NO/c2*28-23-18-20-8-1-2-9-21(20)22(23)10-7-12-25(24-11-3-6-16-27-24)15-17-29-26(19-25)13-4-5-14-26;1-2-8-16(15-7-3-6-12-18-15)11-13-19-17(14-16)9-4-5-10-17;10-9-7-4-2-1-3-6(7)5-8(9)11/h2*1-3,6,8-9,11,16,22-23,28H,4-5,7,10,12-15,17-19H2;2-3,6-7,12H,1,4-5,8-11,13-14H2;1-4,8-9,11H,5,10H2/t2*22-,23-,25-;16-;8-,9-/m1111/s1. The molecule has 6 aromatic rings. The van der Waals surface area contributed by atoms with Crippen molar-refractivity contribution in [2.75, 3.05) is 19.8 Å². The van der Waals surface area contributed by atoms with Gasteiger partial charge in [-0.05, 0) is 192 Å². The number of nitrogens with two attached hydrogens (primary N) is 1. The molecule has 9 atom stereocenters. The molecule has 0 radical (unpaired) electrons. The lowest BCUT2D eigenvalue weighted by Crippen LogP contribution is -2.46. The van der Waals surface area contributed by atoms with Gasteiger partial charge in [0.05, 0.1) is 41.2 Å². The molecule has 3 spiro atoms. The van der Waals surface area contributed by atoms with E-state index in [2.05, 4.69) is 103 Å². The largest absolute Gasteiger partial charge is 0.392 e. The fourth-order valence-electron chi connectivity index (χ4n) is 18.5. The number of hydrogen-bond donors (Lipinski definition) is 4. The zero-order valence-electron chi connectivity index (χ0n) is 52.5. The Hall–Kier alpha value is -5.43. The lowest BCUT2D eigenvalue weighted by atomic mass is 9.67. The summed E-state index contributed by atoms with van der Waals surface area (Å²) in [7, 11) is 0. The first-order valence-electron chi connectivity index (χ1n) is 34.3. The van der Waals surface area contributed by atoms with Crippen LogP contribution in [-0.2, 0) is 49.7 Å². The monoisotopic (exact) mass is 1190 g/mol. The molecular weight excluding hydrogens is 1090 g/mol. The number of rotatable bonds is 13. The second-order valence-corrected chi connectivity index (χ2v) is 28.4. The number of aliphatic hydroxyl groups is 3. The molecular formula is C78H100N4O6. The van der Waals surface area contributed by atoms with Crippen LogP contribution in [-0.4, -0.2) is 85.2 Å². The Labute approximate surface area is 525 Å². The number of nitrogens with zero attached hydrogens (tertiary/aromatic N) is 3. The SMILES string of the molecule is C=CC[C@@]1(c2ccccn2)CCOC2(CCCC2)C1.N[C@@H]1c2ccccc2C[C@H]1O.O[C@@H]1Cc2ccccc2[C@H]1CCC[C@@]1(c2ccccn2)CCOC2(CCCC2)C1.O[C@@H]1Cc2ccccc2[C@H]1CCC[C@@]1(c2ccccn2)CCOC2(CCCC2)C1. The van der Waals surface area contributed by atoms with Crippen LogP contribution in [0.4, 0.5) is 0 Å². The van der Waals surface area contributed by atoms with Gasteiger partial charge in [0.2, 0.25) is 0 Å². The van der Waals surface area contributed by atoms with Gasteiger partial charge in [0, 0.05) is 90.0 Å². The molecule has 0 unspecified atom stereocenters. The number of allylic oxidation sites excluding steroid dienone is 1. The summed E-state index contributed by atoms with van der Waals surface area (Å²) in [5.74, 6) is 0.569. The third kappa shape index (κ3) is 13.8. The Bertz CT molecular complexity index is 3040. The van der Waals surface area contributed by atoms with Crippen molar-refractivity contribution in [3.05, 3.63) is 209 Å². The van der Waals surface area contributed by atoms with Crippen molar-refractivity contribution in [1.29, 1.82) is 0 Å². The van der Waals surface area contributed by atoms with Gasteiger partial charge in [0.25, 0.3) is 0 Å². The third-order valence-corrected chi connectivity index (χ3v) is 22.9. The molecule has 6 heterocycles. The van der Waals surface area contributed by atoms with Gasteiger partial charge >= 0.3 is 0 Å². The molecule has 5 N–H and O–H groups in total. The van der Waals surface area contributed by atoms with Gasteiger partial charge in [-0.3, -0.25) is 15.0 Å². The molecule has 88 heavy (non-hydrogen) atoms. The van der Waals surface area contributed by atoms with Crippen molar-refractivity contribution < 1.29 is 29.5 Å².